The Balaban J connectivity index is 1.53. The van der Waals surface area contributed by atoms with E-state index in [0.717, 1.165) is 52.1 Å². The van der Waals surface area contributed by atoms with Crippen molar-refractivity contribution in [2.24, 2.45) is 10.8 Å². The molecule has 2 aliphatic heterocycles. The van der Waals surface area contributed by atoms with Crippen molar-refractivity contribution >= 4 is 0 Å². The minimum atomic E-state index is -0.334. The molecule has 0 amide bonds. The van der Waals surface area contributed by atoms with Gasteiger partial charge in [-0.3, -0.25) is 0 Å². The Kier molecular flexibility index (Phi) is 5.84. The van der Waals surface area contributed by atoms with E-state index in [1.807, 2.05) is 0 Å². The molecule has 4 nitrogen and oxygen atoms in total. The largest absolute Gasteiger partial charge is 0.391 e. The Morgan fingerprint density at radius 3 is 2.10 bits per heavy atom. The molecule has 118 valence electrons. The molecular formula is C16H30O4. The van der Waals surface area contributed by atoms with E-state index in [2.05, 4.69) is 13.8 Å². The molecule has 0 radical (unpaired) electrons. The van der Waals surface area contributed by atoms with Crippen LogP contribution in [0.25, 0.3) is 0 Å². The van der Waals surface area contributed by atoms with Gasteiger partial charge in [-0.15, -0.1) is 0 Å². The Labute approximate surface area is 122 Å². The summed E-state index contributed by atoms with van der Waals surface area (Å²) in [5.41, 5.74) is 0.616. The average molecular weight is 286 g/mol. The molecule has 2 rings (SSSR count). The summed E-state index contributed by atoms with van der Waals surface area (Å²) in [5.74, 6) is 0. The number of hydrogen-bond acceptors (Lipinski definition) is 4. The van der Waals surface area contributed by atoms with Crippen molar-refractivity contribution in [2.75, 3.05) is 39.6 Å². The smallest absolute Gasteiger partial charge is 0.0773 e. The first kappa shape index (κ1) is 16.2. The SMILES string of the molecule is CCC1(CCCC(O)COCC2(CC)COC2)COC1. The predicted molar refractivity (Wildman–Crippen MR) is 77.8 cm³/mol. The number of hydrogen-bond donors (Lipinski definition) is 1. The molecule has 0 aromatic heterocycles. The van der Waals surface area contributed by atoms with Crippen LogP contribution in [0.3, 0.4) is 0 Å². The van der Waals surface area contributed by atoms with Crippen LogP contribution in [0.2, 0.25) is 0 Å². The van der Waals surface area contributed by atoms with E-state index in [1.165, 1.54) is 6.42 Å². The van der Waals surface area contributed by atoms with Crippen molar-refractivity contribution in [2.45, 2.75) is 52.1 Å². The van der Waals surface area contributed by atoms with Gasteiger partial charge in [0, 0.05) is 10.8 Å². The zero-order valence-electron chi connectivity index (χ0n) is 13.0. The first-order valence-corrected chi connectivity index (χ1v) is 8.05. The van der Waals surface area contributed by atoms with E-state index in [1.54, 1.807) is 0 Å². The lowest BCUT2D eigenvalue weighted by Gasteiger charge is -2.41. The number of rotatable bonds is 10. The average Bonchev–Trinajstić information content (AvgIpc) is 2.36. The van der Waals surface area contributed by atoms with Crippen LogP contribution in [0.15, 0.2) is 0 Å². The summed E-state index contributed by atoms with van der Waals surface area (Å²) >= 11 is 0. The van der Waals surface area contributed by atoms with Crippen LogP contribution >= 0.6 is 0 Å². The fourth-order valence-electron chi connectivity index (χ4n) is 2.90. The zero-order chi connectivity index (χ0) is 14.5. The van der Waals surface area contributed by atoms with E-state index >= 15 is 0 Å². The van der Waals surface area contributed by atoms with E-state index in [4.69, 9.17) is 14.2 Å². The van der Waals surface area contributed by atoms with Crippen LogP contribution in [0.4, 0.5) is 0 Å². The minimum Gasteiger partial charge on any atom is -0.391 e. The lowest BCUT2D eigenvalue weighted by Crippen LogP contribution is -2.46. The van der Waals surface area contributed by atoms with Gasteiger partial charge < -0.3 is 19.3 Å². The molecule has 0 spiro atoms. The lowest BCUT2D eigenvalue weighted by molar-refractivity contribution is -0.155. The van der Waals surface area contributed by atoms with Crippen molar-refractivity contribution in [3.63, 3.8) is 0 Å². The molecule has 0 aromatic carbocycles. The summed E-state index contributed by atoms with van der Waals surface area (Å²) in [5, 5.41) is 9.98. The Bertz CT molecular complexity index is 245. The predicted octanol–water partition coefficient (Wildman–Crippen LogP) is 2.39. The first-order chi connectivity index (χ1) is 9.64. The normalized spacial score (nSPS) is 24.8. The third-order valence-corrected chi connectivity index (χ3v) is 5.10. The van der Waals surface area contributed by atoms with Crippen LogP contribution in [0, 0.1) is 10.8 Å². The van der Waals surface area contributed by atoms with E-state index in [9.17, 15) is 5.11 Å². The summed E-state index contributed by atoms with van der Waals surface area (Å²) in [6, 6.07) is 0. The van der Waals surface area contributed by atoms with Crippen molar-refractivity contribution in [3.8, 4) is 0 Å². The first-order valence-electron chi connectivity index (χ1n) is 8.05. The van der Waals surface area contributed by atoms with Gasteiger partial charge in [-0.2, -0.15) is 0 Å². The molecule has 0 aliphatic carbocycles. The quantitative estimate of drug-likeness (QED) is 0.670. The van der Waals surface area contributed by atoms with Crippen molar-refractivity contribution in [1.29, 1.82) is 0 Å². The van der Waals surface area contributed by atoms with Crippen molar-refractivity contribution in [3.05, 3.63) is 0 Å². The second kappa shape index (κ2) is 7.21. The highest BCUT2D eigenvalue weighted by Crippen LogP contribution is 2.36. The molecule has 2 heterocycles. The maximum Gasteiger partial charge on any atom is 0.0773 e. The fraction of sp³-hybridized carbons (Fsp3) is 1.00. The van der Waals surface area contributed by atoms with Gasteiger partial charge in [0.05, 0.1) is 45.7 Å². The summed E-state index contributed by atoms with van der Waals surface area (Å²) in [6.07, 6.45) is 4.98. The monoisotopic (exact) mass is 286 g/mol. The molecule has 1 atom stereocenters. The summed E-state index contributed by atoms with van der Waals surface area (Å²) < 4.78 is 16.3. The highest BCUT2D eigenvalue weighted by Gasteiger charge is 2.37. The second-order valence-electron chi connectivity index (χ2n) is 6.75. The number of aliphatic hydroxyl groups excluding tert-OH is 1. The molecule has 2 saturated heterocycles. The molecule has 0 saturated carbocycles. The van der Waals surface area contributed by atoms with E-state index in [0.29, 0.717) is 18.6 Å². The minimum absolute atomic E-state index is 0.218. The van der Waals surface area contributed by atoms with Gasteiger partial charge >= 0.3 is 0 Å². The van der Waals surface area contributed by atoms with E-state index < -0.39 is 0 Å². The maximum atomic E-state index is 9.98. The molecule has 0 aromatic rings. The van der Waals surface area contributed by atoms with Gasteiger partial charge in [0.1, 0.15) is 0 Å². The molecule has 1 unspecified atom stereocenters. The highest BCUT2D eigenvalue weighted by atomic mass is 16.5. The maximum absolute atomic E-state index is 9.98. The Morgan fingerprint density at radius 2 is 1.65 bits per heavy atom. The van der Waals surface area contributed by atoms with Gasteiger partial charge in [0.2, 0.25) is 0 Å². The van der Waals surface area contributed by atoms with Crippen LogP contribution in [-0.2, 0) is 14.2 Å². The Morgan fingerprint density at radius 1 is 1.05 bits per heavy atom. The fourth-order valence-corrected chi connectivity index (χ4v) is 2.90. The van der Waals surface area contributed by atoms with Crippen LogP contribution in [0.5, 0.6) is 0 Å². The lowest BCUT2D eigenvalue weighted by atomic mass is 9.78. The molecule has 0 bridgehead atoms. The van der Waals surface area contributed by atoms with Gasteiger partial charge in [-0.1, -0.05) is 20.3 Å². The third kappa shape index (κ3) is 3.94. The third-order valence-electron chi connectivity index (χ3n) is 5.10. The molecule has 2 aliphatic rings. The molecule has 2 fully saturated rings. The van der Waals surface area contributed by atoms with E-state index in [-0.39, 0.29) is 11.5 Å². The van der Waals surface area contributed by atoms with Gasteiger partial charge in [-0.05, 0) is 25.7 Å². The summed E-state index contributed by atoms with van der Waals surface area (Å²) in [7, 11) is 0. The molecule has 1 N–H and O–H groups in total. The van der Waals surface area contributed by atoms with Gasteiger partial charge in [0.25, 0.3) is 0 Å². The highest BCUT2D eigenvalue weighted by molar-refractivity contribution is 4.85. The molecule has 20 heavy (non-hydrogen) atoms. The topological polar surface area (TPSA) is 47.9 Å². The van der Waals surface area contributed by atoms with Crippen LogP contribution in [0.1, 0.15) is 46.0 Å². The van der Waals surface area contributed by atoms with Gasteiger partial charge in [-0.25, -0.2) is 0 Å². The van der Waals surface area contributed by atoms with Crippen LogP contribution in [-0.4, -0.2) is 50.9 Å². The standard InChI is InChI=1S/C16H30O4/c1-3-15(9-19-10-15)7-5-6-14(17)8-18-11-16(4-2)12-20-13-16/h14,17H,3-13H2,1-2H3. The molecular weight excluding hydrogens is 256 g/mol. The van der Waals surface area contributed by atoms with Crippen molar-refractivity contribution in [1.82, 2.24) is 0 Å². The van der Waals surface area contributed by atoms with Crippen LogP contribution < -0.4 is 0 Å². The van der Waals surface area contributed by atoms with Gasteiger partial charge in [0.15, 0.2) is 0 Å². The summed E-state index contributed by atoms with van der Waals surface area (Å²) in [6.45, 7) is 8.98. The number of ether oxygens (including phenoxy) is 3. The second-order valence-corrected chi connectivity index (χ2v) is 6.75. The molecule has 4 heteroatoms. The van der Waals surface area contributed by atoms with Crippen molar-refractivity contribution < 1.29 is 19.3 Å². The zero-order valence-corrected chi connectivity index (χ0v) is 13.0. The summed E-state index contributed by atoms with van der Waals surface area (Å²) in [4.78, 5) is 0. The Hall–Kier alpha value is -0.160. The number of aliphatic hydroxyl groups is 1.